The van der Waals surface area contributed by atoms with Crippen LogP contribution in [0.4, 0.5) is 0 Å². The summed E-state index contributed by atoms with van der Waals surface area (Å²) in [6, 6.07) is 0. The van der Waals surface area contributed by atoms with Crippen molar-refractivity contribution in [2.24, 2.45) is 0 Å². The molecule has 372 valence electrons. The van der Waals surface area contributed by atoms with Gasteiger partial charge in [-0.2, -0.15) is 0 Å². The first-order chi connectivity index (χ1) is 31.1. The molecule has 0 radical (unpaired) electrons. The first-order valence-electron chi connectivity index (χ1n) is 28.4. The average molecular weight is 888 g/mol. The number of carbonyl (C=O) groups is 2. The van der Waals surface area contributed by atoms with Crippen LogP contribution < -0.4 is 0 Å². The van der Waals surface area contributed by atoms with E-state index in [4.69, 9.17) is 9.47 Å². The molecule has 0 spiro atoms. The predicted molar refractivity (Wildman–Crippen MR) is 275 cm³/mol. The molecule has 63 heavy (non-hydrogen) atoms. The number of allylic oxidation sites excluding steroid dienone is 4. The van der Waals surface area contributed by atoms with Gasteiger partial charge in [0, 0.05) is 12.8 Å². The van der Waals surface area contributed by atoms with Crippen LogP contribution in [-0.4, -0.2) is 36.4 Å². The van der Waals surface area contributed by atoms with E-state index in [2.05, 4.69) is 38.2 Å². The third kappa shape index (κ3) is 52.9. The maximum absolute atomic E-state index is 12.2. The Bertz CT molecular complexity index is 959. The molecular formula is C58H110O5. The Hall–Kier alpha value is -1.62. The van der Waals surface area contributed by atoms with Crippen molar-refractivity contribution >= 4 is 11.9 Å². The van der Waals surface area contributed by atoms with E-state index in [1.54, 1.807) is 0 Å². The summed E-state index contributed by atoms with van der Waals surface area (Å²) in [5, 5.41) is 9.62. The molecule has 0 heterocycles. The van der Waals surface area contributed by atoms with Gasteiger partial charge in [-0.25, -0.2) is 0 Å². The fourth-order valence-corrected chi connectivity index (χ4v) is 8.71. The number of hydrogen-bond donors (Lipinski definition) is 1. The molecule has 0 amide bonds. The maximum Gasteiger partial charge on any atom is 0.306 e. The maximum atomic E-state index is 12.2. The zero-order valence-corrected chi connectivity index (χ0v) is 42.6. The average Bonchev–Trinajstić information content (AvgIpc) is 3.29. The Morgan fingerprint density at radius 1 is 0.365 bits per heavy atom. The van der Waals surface area contributed by atoms with Crippen LogP contribution in [0.1, 0.15) is 316 Å². The van der Waals surface area contributed by atoms with Gasteiger partial charge in [-0.3, -0.25) is 9.59 Å². The molecule has 5 nitrogen and oxygen atoms in total. The van der Waals surface area contributed by atoms with Crippen LogP contribution in [0.15, 0.2) is 24.3 Å². The molecule has 0 aliphatic carbocycles. The number of rotatable bonds is 53. The van der Waals surface area contributed by atoms with Gasteiger partial charge in [0.25, 0.3) is 0 Å². The van der Waals surface area contributed by atoms with Crippen molar-refractivity contribution < 1.29 is 24.2 Å². The van der Waals surface area contributed by atoms with E-state index in [1.165, 1.54) is 238 Å². The number of aliphatic hydroxyl groups is 1. The molecule has 0 aromatic rings. The molecule has 0 fully saturated rings. The largest absolute Gasteiger partial charge is 0.462 e. The monoisotopic (exact) mass is 887 g/mol. The summed E-state index contributed by atoms with van der Waals surface area (Å²) in [5.74, 6) is -0.591. The van der Waals surface area contributed by atoms with E-state index in [1.807, 2.05) is 0 Å². The molecule has 1 unspecified atom stereocenters. The highest BCUT2D eigenvalue weighted by molar-refractivity contribution is 5.70. The first-order valence-corrected chi connectivity index (χ1v) is 28.4. The summed E-state index contributed by atoms with van der Waals surface area (Å²) < 4.78 is 10.7. The van der Waals surface area contributed by atoms with Gasteiger partial charge in [0.1, 0.15) is 6.61 Å². The number of aliphatic hydroxyl groups excluding tert-OH is 1. The van der Waals surface area contributed by atoms with E-state index >= 15 is 0 Å². The van der Waals surface area contributed by atoms with Crippen LogP contribution in [0, 0.1) is 0 Å². The minimum absolute atomic E-state index is 0.0666. The molecule has 0 saturated heterocycles. The fourth-order valence-electron chi connectivity index (χ4n) is 8.71. The standard InChI is InChI=1S/C58H110O5/c1-3-5-7-9-11-13-15-17-19-20-21-22-23-24-25-26-27-28-29-30-31-32-33-34-35-36-37-39-40-42-44-46-48-50-52-57(60)62-55-56(54-59)63-58(61)53-51-49-47-45-43-41-38-18-16-14-12-10-8-6-4-2/h12,14,18,38,56,59H,3-11,13,15-17,19-37,39-55H2,1-2H3/b14-12-,38-18-. The highest BCUT2D eigenvalue weighted by Gasteiger charge is 2.16. The second-order valence-electron chi connectivity index (χ2n) is 19.4. The SMILES string of the molecule is CCCCC/C=C\C/C=C\CCCCCCCC(=O)OC(CO)COC(=O)CCCCCCCCCCCCCCCCCCCCCCCCCCCCCCCCCCCC. The summed E-state index contributed by atoms with van der Waals surface area (Å²) in [6.07, 6.45) is 68.9. The van der Waals surface area contributed by atoms with E-state index in [0.717, 1.165) is 51.4 Å². The summed E-state index contributed by atoms with van der Waals surface area (Å²) in [4.78, 5) is 24.4. The van der Waals surface area contributed by atoms with Crippen LogP contribution in [0.2, 0.25) is 0 Å². The normalized spacial score (nSPS) is 12.2. The fraction of sp³-hybridized carbons (Fsp3) is 0.897. The lowest BCUT2D eigenvalue weighted by Gasteiger charge is -2.15. The predicted octanol–water partition coefficient (Wildman–Crippen LogP) is 18.9. The zero-order valence-electron chi connectivity index (χ0n) is 42.6. The van der Waals surface area contributed by atoms with Gasteiger partial charge in [0.15, 0.2) is 6.10 Å². The number of unbranched alkanes of at least 4 members (excludes halogenated alkanes) is 41. The van der Waals surface area contributed by atoms with Crippen LogP contribution in [0.25, 0.3) is 0 Å². The molecular weight excluding hydrogens is 777 g/mol. The molecule has 0 aliphatic heterocycles. The van der Waals surface area contributed by atoms with Gasteiger partial charge in [0.2, 0.25) is 0 Å². The smallest absolute Gasteiger partial charge is 0.306 e. The Kier molecular flexibility index (Phi) is 53.3. The Balaban J connectivity index is 3.37. The summed E-state index contributed by atoms with van der Waals surface area (Å²) >= 11 is 0. The Morgan fingerprint density at radius 2 is 0.635 bits per heavy atom. The van der Waals surface area contributed by atoms with Crippen molar-refractivity contribution in [3.63, 3.8) is 0 Å². The molecule has 1 atom stereocenters. The second kappa shape index (κ2) is 54.7. The van der Waals surface area contributed by atoms with Crippen molar-refractivity contribution in [1.29, 1.82) is 0 Å². The van der Waals surface area contributed by atoms with Gasteiger partial charge in [-0.05, 0) is 44.9 Å². The molecule has 0 bridgehead atoms. The zero-order chi connectivity index (χ0) is 45.6. The molecule has 0 aliphatic rings. The van der Waals surface area contributed by atoms with Crippen molar-refractivity contribution in [2.45, 2.75) is 322 Å². The molecule has 0 aromatic carbocycles. The lowest BCUT2D eigenvalue weighted by molar-refractivity contribution is -0.161. The number of hydrogen-bond acceptors (Lipinski definition) is 5. The van der Waals surface area contributed by atoms with Crippen LogP contribution in [0.3, 0.4) is 0 Å². The van der Waals surface area contributed by atoms with Crippen molar-refractivity contribution in [2.75, 3.05) is 13.2 Å². The quantitative estimate of drug-likeness (QED) is 0.0374. The van der Waals surface area contributed by atoms with Gasteiger partial charge < -0.3 is 14.6 Å². The highest BCUT2D eigenvalue weighted by atomic mass is 16.6. The summed E-state index contributed by atoms with van der Waals surface area (Å²) in [7, 11) is 0. The highest BCUT2D eigenvalue weighted by Crippen LogP contribution is 2.18. The van der Waals surface area contributed by atoms with Gasteiger partial charge in [-0.1, -0.05) is 282 Å². The Labute approximate surface area is 394 Å². The van der Waals surface area contributed by atoms with E-state index < -0.39 is 6.10 Å². The van der Waals surface area contributed by atoms with Crippen molar-refractivity contribution in [1.82, 2.24) is 0 Å². The van der Waals surface area contributed by atoms with E-state index in [0.29, 0.717) is 12.8 Å². The first kappa shape index (κ1) is 61.4. The number of esters is 2. The van der Waals surface area contributed by atoms with Crippen molar-refractivity contribution in [3.05, 3.63) is 24.3 Å². The molecule has 0 aromatic heterocycles. The lowest BCUT2D eigenvalue weighted by atomic mass is 10.0. The van der Waals surface area contributed by atoms with Crippen LogP contribution in [0.5, 0.6) is 0 Å². The molecule has 1 N–H and O–H groups in total. The summed E-state index contributed by atoms with van der Waals surface area (Å²) in [6.45, 7) is 4.14. The van der Waals surface area contributed by atoms with Crippen LogP contribution in [-0.2, 0) is 19.1 Å². The second-order valence-corrected chi connectivity index (χ2v) is 19.4. The van der Waals surface area contributed by atoms with E-state index in [9.17, 15) is 14.7 Å². The lowest BCUT2D eigenvalue weighted by Crippen LogP contribution is -2.28. The third-order valence-electron chi connectivity index (χ3n) is 13.0. The number of ether oxygens (including phenoxy) is 2. The molecule has 0 saturated carbocycles. The topological polar surface area (TPSA) is 72.8 Å². The van der Waals surface area contributed by atoms with Gasteiger partial charge >= 0.3 is 11.9 Å². The third-order valence-corrected chi connectivity index (χ3v) is 13.0. The minimum atomic E-state index is -0.776. The Morgan fingerprint density at radius 3 is 0.968 bits per heavy atom. The van der Waals surface area contributed by atoms with Gasteiger partial charge in [-0.15, -0.1) is 0 Å². The van der Waals surface area contributed by atoms with Gasteiger partial charge in [0.05, 0.1) is 6.61 Å². The number of carbonyl (C=O) groups excluding carboxylic acids is 2. The van der Waals surface area contributed by atoms with Crippen LogP contribution >= 0.6 is 0 Å². The minimum Gasteiger partial charge on any atom is -0.462 e. The summed E-state index contributed by atoms with van der Waals surface area (Å²) in [5.41, 5.74) is 0. The van der Waals surface area contributed by atoms with E-state index in [-0.39, 0.29) is 25.2 Å². The van der Waals surface area contributed by atoms with Crippen molar-refractivity contribution in [3.8, 4) is 0 Å². The molecule has 0 rings (SSSR count). The molecule has 5 heteroatoms.